The van der Waals surface area contributed by atoms with Gasteiger partial charge in [-0.15, -0.1) is 0 Å². The Bertz CT molecular complexity index is 901. The van der Waals surface area contributed by atoms with Gasteiger partial charge in [0.2, 0.25) is 11.7 Å². The van der Waals surface area contributed by atoms with Crippen LogP contribution in [-0.4, -0.2) is 37.2 Å². The zero-order valence-electron chi connectivity index (χ0n) is 15.7. The first-order chi connectivity index (χ1) is 13.6. The molecule has 9 heteroatoms. The van der Waals surface area contributed by atoms with Crippen molar-refractivity contribution in [2.75, 3.05) is 32.0 Å². The molecule has 0 aliphatic rings. The van der Waals surface area contributed by atoms with Crippen molar-refractivity contribution in [3.63, 3.8) is 0 Å². The Morgan fingerprint density at radius 1 is 1.07 bits per heavy atom. The number of furan rings is 1. The van der Waals surface area contributed by atoms with Crippen molar-refractivity contribution < 1.29 is 23.4 Å². The number of nitrogens with one attached hydrogen (secondary N) is 2. The molecule has 0 bridgehead atoms. The third kappa shape index (κ3) is 4.32. The number of benzene rings is 1. The van der Waals surface area contributed by atoms with E-state index in [1.807, 2.05) is 6.07 Å². The molecule has 9 nitrogen and oxygen atoms in total. The summed E-state index contributed by atoms with van der Waals surface area (Å²) in [4.78, 5) is 20.8. The van der Waals surface area contributed by atoms with Gasteiger partial charge in [-0.3, -0.25) is 4.79 Å². The number of anilines is 2. The summed E-state index contributed by atoms with van der Waals surface area (Å²) in [6.45, 7) is 0.448. The van der Waals surface area contributed by atoms with Crippen LogP contribution < -0.4 is 24.8 Å². The fourth-order valence-electron chi connectivity index (χ4n) is 2.47. The second-order valence-corrected chi connectivity index (χ2v) is 5.60. The van der Waals surface area contributed by atoms with Crippen molar-refractivity contribution in [3.8, 4) is 17.2 Å². The third-order valence-corrected chi connectivity index (χ3v) is 3.84. The van der Waals surface area contributed by atoms with E-state index in [0.29, 0.717) is 41.0 Å². The summed E-state index contributed by atoms with van der Waals surface area (Å²) in [5.41, 5.74) is 0.789. The molecular formula is C19H20N4O5. The number of methoxy groups -OCH3 is 3. The highest BCUT2D eigenvalue weighted by atomic mass is 16.5. The van der Waals surface area contributed by atoms with Crippen LogP contribution >= 0.6 is 0 Å². The molecule has 2 N–H and O–H groups in total. The zero-order valence-corrected chi connectivity index (χ0v) is 15.7. The monoisotopic (exact) mass is 384 g/mol. The first kappa shape index (κ1) is 19.0. The minimum absolute atomic E-state index is 0.303. The minimum Gasteiger partial charge on any atom is -0.493 e. The van der Waals surface area contributed by atoms with E-state index in [4.69, 9.17) is 18.6 Å². The Morgan fingerprint density at radius 3 is 2.29 bits per heavy atom. The van der Waals surface area contributed by atoms with Crippen LogP contribution in [-0.2, 0) is 6.54 Å². The summed E-state index contributed by atoms with van der Waals surface area (Å²) in [6.07, 6.45) is 4.46. The van der Waals surface area contributed by atoms with Gasteiger partial charge < -0.3 is 29.3 Å². The number of hydrogen-bond donors (Lipinski definition) is 2. The maximum Gasteiger partial charge on any atom is 0.258 e. The van der Waals surface area contributed by atoms with E-state index >= 15 is 0 Å². The van der Waals surface area contributed by atoms with Gasteiger partial charge >= 0.3 is 0 Å². The van der Waals surface area contributed by atoms with Crippen LogP contribution in [0.15, 0.2) is 47.3 Å². The van der Waals surface area contributed by atoms with E-state index in [0.717, 1.165) is 5.76 Å². The molecule has 0 saturated heterocycles. The molecule has 2 aromatic heterocycles. The number of nitrogens with zero attached hydrogens (tertiary/aromatic N) is 2. The van der Waals surface area contributed by atoms with E-state index in [1.165, 1.54) is 33.7 Å². The Morgan fingerprint density at radius 2 is 1.75 bits per heavy atom. The fourth-order valence-corrected chi connectivity index (χ4v) is 2.47. The second-order valence-electron chi connectivity index (χ2n) is 5.60. The largest absolute Gasteiger partial charge is 0.493 e. The van der Waals surface area contributed by atoms with Gasteiger partial charge in [-0.25, -0.2) is 9.97 Å². The predicted molar refractivity (Wildman–Crippen MR) is 102 cm³/mol. The molecule has 28 heavy (non-hydrogen) atoms. The lowest BCUT2D eigenvalue weighted by atomic mass is 10.2. The molecule has 3 rings (SSSR count). The van der Waals surface area contributed by atoms with E-state index < -0.39 is 0 Å². The van der Waals surface area contributed by atoms with Crippen LogP contribution in [0.25, 0.3) is 0 Å². The van der Waals surface area contributed by atoms with Crippen LogP contribution in [0.4, 0.5) is 11.6 Å². The second kappa shape index (κ2) is 8.76. The van der Waals surface area contributed by atoms with Gasteiger partial charge in [-0.05, 0) is 12.1 Å². The Kier molecular flexibility index (Phi) is 5.95. The van der Waals surface area contributed by atoms with Crippen molar-refractivity contribution in [1.29, 1.82) is 0 Å². The number of aromatic nitrogens is 2. The van der Waals surface area contributed by atoms with Crippen molar-refractivity contribution in [3.05, 3.63) is 54.2 Å². The third-order valence-electron chi connectivity index (χ3n) is 3.84. The summed E-state index contributed by atoms with van der Waals surface area (Å²) in [5.74, 6) is 2.09. The number of rotatable bonds is 8. The van der Waals surface area contributed by atoms with Gasteiger partial charge in [0.1, 0.15) is 5.76 Å². The molecule has 0 fully saturated rings. The molecule has 1 aromatic carbocycles. The predicted octanol–water partition coefficient (Wildman–Crippen LogP) is 2.96. The molecule has 2 heterocycles. The van der Waals surface area contributed by atoms with Crippen LogP contribution in [0.2, 0.25) is 0 Å². The van der Waals surface area contributed by atoms with Crippen LogP contribution in [0, 0.1) is 0 Å². The molecule has 146 valence electrons. The fraction of sp³-hybridized carbons (Fsp3) is 0.211. The average molecular weight is 384 g/mol. The molecule has 0 radical (unpaired) electrons. The van der Waals surface area contributed by atoms with Gasteiger partial charge in [0.05, 0.1) is 39.7 Å². The van der Waals surface area contributed by atoms with Crippen molar-refractivity contribution in [2.45, 2.75) is 6.54 Å². The lowest BCUT2D eigenvalue weighted by Gasteiger charge is -2.14. The summed E-state index contributed by atoms with van der Waals surface area (Å²) in [5, 5.41) is 5.77. The summed E-state index contributed by atoms with van der Waals surface area (Å²) in [6, 6.07) is 6.92. The van der Waals surface area contributed by atoms with Gasteiger partial charge in [-0.1, -0.05) is 0 Å². The minimum atomic E-state index is -0.369. The van der Waals surface area contributed by atoms with Crippen molar-refractivity contribution in [1.82, 2.24) is 9.97 Å². The Balaban J connectivity index is 1.69. The lowest BCUT2D eigenvalue weighted by molar-refractivity contribution is 0.102. The van der Waals surface area contributed by atoms with E-state index in [2.05, 4.69) is 20.6 Å². The maximum atomic E-state index is 12.5. The molecule has 0 aliphatic heterocycles. The lowest BCUT2D eigenvalue weighted by Crippen LogP contribution is -2.14. The highest BCUT2D eigenvalue weighted by Gasteiger charge is 2.15. The standard InChI is InChI=1S/C19H20N4O5/c1-25-15-7-13(8-16(26-2)17(15)27-3)23-18(24)12-9-20-19(21-10-12)22-11-14-5-4-6-28-14/h4-10H,11H2,1-3H3,(H,23,24)(H,20,21,22). The van der Waals surface area contributed by atoms with E-state index in [1.54, 1.807) is 24.5 Å². The normalized spacial score (nSPS) is 10.2. The van der Waals surface area contributed by atoms with Crippen molar-refractivity contribution in [2.24, 2.45) is 0 Å². The topological polar surface area (TPSA) is 108 Å². The number of carbonyl (C=O) groups excluding carboxylic acids is 1. The first-order valence-corrected chi connectivity index (χ1v) is 8.34. The quantitative estimate of drug-likeness (QED) is 0.610. The molecule has 0 saturated carbocycles. The molecule has 0 unspecified atom stereocenters. The molecule has 3 aromatic rings. The first-order valence-electron chi connectivity index (χ1n) is 8.34. The maximum absolute atomic E-state index is 12.5. The van der Waals surface area contributed by atoms with Gasteiger partial charge in [0, 0.05) is 30.2 Å². The van der Waals surface area contributed by atoms with Crippen LogP contribution in [0.5, 0.6) is 17.2 Å². The summed E-state index contributed by atoms with van der Waals surface area (Å²) in [7, 11) is 4.52. The summed E-state index contributed by atoms with van der Waals surface area (Å²) >= 11 is 0. The summed E-state index contributed by atoms with van der Waals surface area (Å²) < 4.78 is 21.1. The van der Waals surface area contributed by atoms with E-state index in [9.17, 15) is 4.79 Å². The Hall–Kier alpha value is -3.75. The molecule has 1 amide bonds. The number of hydrogen-bond acceptors (Lipinski definition) is 8. The van der Waals surface area contributed by atoms with E-state index in [-0.39, 0.29) is 5.91 Å². The Labute approximate surface area is 161 Å². The average Bonchev–Trinajstić information content (AvgIpc) is 3.25. The molecule has 0 aliphatic carbocycles. The zero-order chi connectivity index (χ0) is 19.9. The molecular weight excluding hydrogens is 364 g/mol. The number of ether oxygens (including phenoxy) is 3. The smallest absolute Gasteiger partial charge is 0.258 e. The van der Waals surface area contributed by atoms with Crippen molar-refractivity contribution >= 4 is 17.5 Å². The van der Waals surface area contributed by atoms with Gasteiger partial charge in [0.15, 0.2) is 11.5 Å². The van der Waals surface area contributed by atoms with Gasteiger partial charge in [0.25, 0.3) is 5.91 Å². The molecule has 0 atom stereocenters. The van der Waals surface area contributed by atoms with Crippen LogP contribution in [0.3, 0.4) is 0 Å². The SMILES string of the molecule is COc1cc(NC(=O)c2cnc(NCc3ccco3)nc2)cc(OC)c1OC. The number of carbonyl (C=O) groups is 1. The molecule has 0 spiro atoms. The highest BCUT2D eigenvalue weighted by molar-refractivity contribution is 6.04. The number of amides is 1. The van der Waals surface area contributed by atoms with Gasteiger partial charge in [-0.2, -0.15) is 0 Å². The van der Waals surface area contributed by atoms with Crippen LogP contribution in [0.1, 0.15) is 16.1 Å². The highest BCUT2D eigenvalue weighted by Crippen LogP contribution is 2.39.